The van der Waals surface area contributed by atoms with E-state index in [0.29, 0.717) is 24.7 Å². The summed E-state index contributed by atoms with van der Waals surface area (Å²) in [6.45, 7) is 6.89. The molecule has 2 aromatic carbocycles. The smallest absolute Gasteiger partial charge is 0.223 e. The van der Waals surface area contributed by atoms with E-state index >= 15 is 0 Å². The Labute approximate surface area is 159 Å². The van der Waals surface area contributed by atoms with Crippen molar-refractivity contribution in [1.29, 1.82) is 0 Å². The molecule has 6 heteroatoms. The summed E-state index contributed by atoms with van der Waals surface area (Å²) in [6, 6.07) is 11.5. The van der Waals surface area contributed by atoms with E-state index in [1.54, 1.807) is 12.1 Å². The molecule has 27 heavy (non-hydrogen) atoms. The number of carbonyl (C=O) groups excluding carboxylic acids is 1. The fourth-order valence-corrected chi connectivity index (χ4v) is 2.55. The highest BCUT2D eigenvalue weighted by Crippen LogP contribution is 2.30. The summed E-state index contributed by atoms with van der Waals surface area (Å²) in [5.74, 6) is 0.863. The third kappa shape index (κ3) is 6.16. The van der Waals surface area contributed by atoms with Gasteiger partial charge in [0.15, 0.2) is 23.1 Å². The van der Waals surface area contributed by atoms with Gasteiger partial charge < -0.3 is 19.5 Å². The predicted molar refractivity (Wildman–Crippen MR) is 102 cm³/mol. The Morgan fingerprint density at radius 1 is 1.00 bits per heavy atom. The van der Waals surface area contributed by atoms with Crippen LogP contribution in [-0.2, 0) is 4.79 Å². The minimum Gasteiger partial charge on any atom is -0.490 e. The third-order valence-corrected chi connectivity index (χ3v) is 3.87. The minimum absolute atomic E-state index is 0.104. The maximum Gasteiger partial charge on any atom is 0.223 e. The average molecular weight is 375 g/mol. The first-order valence-electron chi connectivity index (χ1n) is 9.11. The molecule has 2 aromatic rings. The molecule has 0 bridgehead atoms. The first kappa shape index (κ1) is 20.6. The Morgan fingerprint density at radius 2 is 1.70 bits per heavy atom. The van der Waals surface area contributed by atoms with Gasteiger partial charge in [0.25, 0.3) is 0 Å². The maximum atomic E-state index is 13.5. The van der Waals surface area contributed by atoms with Crippen molar-refractivity contribution in [2.45, 2.75) is 33.2 Å². The average Bonchev–Trinajstić information content (AvgIpc) is 2.65. The number of nitrogens with one attached hydrogen (secondary N) is 1. The topological polar surface area (TPSA) is 56.8 Å². The molecule has 0 aliphatic carbocycles. The lowest BCUT2D eigenvalue weighted by molar-refractivity contribution is -0.122. The fourth-order valence-electron chi connectivity index (χ4n) is 2.55. The number of rotatable bonds is 10. The zero-order chi connectivity index (χ0) is 19.6. The molecule has 0 saturated carbocycles. The molecule has 0 aliphatic rings. The second kappa shape index (κ2) is 10.4. The van der Waals surface area contributed by atoms with E-state index in [1.165, 1.54) is 12.1 Å². The van der Waals surface area contributed by atoms with Gasteiger partial charge in [-0.3, -0.25) is 4.79 Å². The van der Waals surface area contributed by atoms with Crippen LogP contribution in [0.5, 0.6) is 17.2 Å². The molecule has 0 spiro atoms. The summed E-state index contributed by atoms with van der Waals surface area (Å²) in [4.78, 5) is 12.1. The molecule has 0 heterocycles. The summed E-state index contributed by atoms with van der Waals surface area (Å²) in [5.41, 5.74) is 0.908. The molecule has 0 aliphatic heterocycles. The molecule has 0 saturated heterocycles. The Bertz CT molecular complexity index is 751. The van der Waals surface area contributed by atoms with Crippen LogP contribution in [0.15, 0.2) is 42.5 Å². The van der Waals surface area contributed by atoms with Crippen molar-refractivity contribution in [2.24, 2.45) is 0 Å². The zero-order valence-electron chi connectivity index (χ0n) is 16.0. The second-order valence-corrected chi connectivity index (χ2v) is 5.89. The molecule has 1 atom stereocenters. The van der Waals surface area contributed by atoms with Gasteiger partial charge in [-0.15, -0.1) is 0 Å². The number of carbonyl (C=O) groups is 1. The summed E-state index contributed by atoms with van der Waals surface area (Å²) in [5, 5.41) is 2.91. The van der Waals surface area contributed by atoms with E-state index in [1.807, 2.05) is 39.0 Å². The van der Waals surface area contributed by atoms with Gasteiger partial charge in [-0.2, -0.15) is 0 Å². The molecule has 146 valence electrons. The molecule has 1 amide bonds. The van der Waals surface area contributed by atoms with Crippen molar-refractivity contribution < 1.29 is 23.4 Å². The van der Waals surface area contributed by atoms with Crippen molar-refractivity contribution in [3.8, 4) is 17.2 Å². The number of ether oxygens (including phenoxy) is 3. The number of hydrogen-bond donors (Lipinski definition) is 1. The molecule has 0 radical (unpaired) electrons. The summed E-state index contributed by atoms with van der Waals surface area (Å²) < 4.78 is 30.0. The van der Waals surface area contributed by atoms with Crippen LogP contribution < -0.4 is 19.5 Å². The van der Waals surface area contributed by atoms with Gasteiger partial charge >= 0.3 is 0 Å². The minimum atomic E-state index is -0.441. The van der Waals surface area contributed by atoms with E-state index in [2.05, 4.69) is 5.32 Å². The van der Waals surface area contributed by atoms with Crippen LogP contribution in [0.1, 0.15) is 38.8 Å². The quantitative estimate of drug-likeness (QED) is 0.674. The first-order valence-corrected chi connectivity index (χ1v) is 9.11. The monoisotopic (exact) mass is 375 g/mol. The standard InChI is InChI=1S/C21H26FNO4/c1-4-25-19-11-10-16(14-20(19)26-5-2)15(3)23-21(24)12-13-27-18-9-7-6-8-17(18)22/h6-11,14-15H,4-5,12-13H2,1-3H3,(H,23,24). The summed E-state index contributed by atoms with van der Waals surface area (Å²) >= 11 is 0. The van der Waals surface area contributed by atoms with E-state index in [-0.39, 0.29) is 30.7 Å². The number of para-hydroxylation sites is 1. The Kier molecular flexibility index (Phi) is 7.92. The van der Waals surface area contributed by atoms with Crippen LogP contribution in [0.3, 0.4) is 0 Å². The van der Waals surface area contributed by atoms with Crippen molar-refractivity contribution in [3.63, 3.8) is 0 Å². The normalized spacial score (nSPS) is 11.6. The molecule has 5 nitrogen and oxygen atoms in total. The second-order valence-electron chi connectivity index (χ2n) is 5.89. The van der Waals surface area contributed by atoms with E-state index in [0.717, 1.165) is 5.56 Å². The van der Waals surface area contributed by atoms with Crippen molar-refractivity contribution in [3.05, 3.63) is 53.8 Å². The fraction of sp³-hybridized carbons (Fsp3) is 0.381. The van der Waals surface area contributed by atoms with Gasteiger partial charge in [0.2, 0.25) is 5.91 Å². The molecule has 0 fully saturated rings. The lowest BCUT2D eigenvalue weighted by atomic mass is 10.1. The Morgan fingerprint density at radius 3 is 2.41 bits per heavy atom. The molecular formula is C21H26FNO4. The van der Waals surface area contributed by atoms with Crippen molar-refractivity contribution >= 4 is 5.91 Å². The number of hydrogen-bond acceptors (Lipinski definition) is 4. The van der Waals surface area contributed by atoms with Crippen LogP contribution in [0.25, 0.3) is 0 Å². The summed E-state index contributed by atoms with van der Waals surface area (Å²) in [7, 11) is 0. The number of amides is 1. The van der Waals surface area contributed by atoms with Gasteiger partial charge in [-0.25, -0.2) is 4.39 Å². The predicted octanol–water partition coefficient (Wildman–Crippen LogP) is 4.27. The van der Waals surface area contributed by atoms with Gasteiger partial charge in [0, 0.05) is 0 Å². The Hall–Kier alpha value is -2.76. The SMILES string of the molecule is CCOc1ccc(C(C)NC(=O)CCOc2ccccc2F)cc1OCC. The number of halogens is 1. The van der Waals surface area contributed by atoms with Crippen molar-refractivity contribution in [1.82, 2.24) is 5.32 Å². The van der Waals surface area contributed by atoms with Crippen LogP contribution in [0, 0.1) is 5.82 Å². The van der Waals surface area contributed by atoms with Crippen LogP contribution in [0.2, 0.25) is 0 Å². The van der Waals surface area contributed by atoms with Crippen LogP contribution >= 0.6 is 0 Å². The van der Waals surface area contributed by atoms with E-state index in [4.69, 9.17) is 14.2 Å². The van der Waals surface area contributed by atoms with Crippen molar-refractivity contribution in [2.75, 3.05) is 19.8 Å². The highest BCUT2D eigenvalue weighted by molar-refractivity contribution is 5.76. The maximum absolute atomic E-state index is 13.5. The lowest BCUT2D eigenvalue weighted by Gasteiger charge is -2.17. The lowest BCUT2D eigenvalue weighted by Crippen LogP contribution is -2.28. The highest BCUT2D eigenvalue weighted by Gasteiger charge is 2.13. The van der Waals surface area contributed by atoms with Crippen LogP contribution in [-0.4, -0.2) is 25.7 Å². The van der Waals surface area contributed by atoms with Gasteiger partial charge in [0.1, 0.15) is 0 Å². The van der Waals surface area contributed by atoms with E-state index in [9.17, 15) is 9.18 Å². The molecule has 2 rings (SSSR count). The number of benzene rings is 2. The zero-order valence-corrected chi connectivity index (χ0v) is 16.0. The molecular weight excluding hydrogens is 349 g/mol. The van der Waals surface area contributed by atoms with Gasteiger partial charge in [-0.05, 0) is 50.6 Å². The highest BCUT2D eigenvalue weighted by atomic mass is 19.1. The Balaban J connectivity index is 1.89. The third-order valence-electron chi connectivity index (χ3n) is 3.87. The van der Waals surface area contributed by atoms with Gasteiger partial charge in [0.05, 0.1) is 32.3 Å². The molecule has 1 unspecified atom stereocenters. The first-order chi connectivity index (χ1) is 13.0. The van der Waals surface area contributed by atoms with Gasteiger partial charge in [-0.1, -0.05) is 18.2 Å². The molecule has 1 N–H and O–H groups in total. The largest absolute Gasteiger partial charge is 0.490 e. The molecule has 0 aromatic heterocycles. The van der Waals surface area contributed by atoms with E-state index < -0.39 is 5.82 Å². The van der Waals surface area contributed by atoms with Crippen LogP contribution in [0.4, 0.5) is 4.39 Å². The summed E-state index contributed by atoms with van der Waals surface area (Å²) in [6.07, 6.45) is 0.133.